The lowest BCUT2D eigenvalue weighted by Crippen LogP contribution is -2.02. The Hall–Kier alpha value is 1.37. The van der Waals surface area contributed by atoms with Gasteiger partial charge < -0.3 is 0 Å². The number of Topliss-reactive ketones (excluding diaryl/α,β-unsaturated/α-hetero) is 1. The highest BCUT2D eigenvalue weighted by atomic mass is 127. The number of halogens is 4. The predicted octanol–water partition coefficient (Wildman–Crippen LogP) is 3.92. The fraction of sp³-hybridized carbons (Fsp3) is 0.125. The second-order valence-corrected chi connectivity index (χ2v) is 5.98. The van der Waals surface area contributed by atoms with Crippen LogP contribution in [0.2, 0.25) is 0 Å². The van der Waals surface area contributed by atoms with Gasteiger partial charge in [-0.2, -0.15) is 0 Å². The standard InChI is InChI=1S/C8H4ClI3O/c9-3-7(13)4-1-5(10)8(12)6(11)2-4/h1-2H,3H2. The lowest BCUT2D eigenvalue weighted by molar-refractivity contribution is 0.102. The Morgan fingerprint density at radius 1 is 1.23 bits per heavy atom. The zero-order chi connectivity index (χ0) is 10.0. The summed E-state index contributed by atoms with van der Waals surface area (Å²) in [7, 11) is 0. The molecule has 5 heteroatoms. The van der Waals surface area contributed by atoms with Gasteiger partial charge in [0.25, 0.3) is 0 Å². The topological polar surface area (TPSA) is 17.1 Å². The molecule has 13 heavy (non-hydrogen) atoms. The van der Waals surface area contributed by atoms with Crippen molar-refractivity contribution < 1.29 is 4.79 Å². The molecule has 1 aromatic rings. The van der Waals surface area contributed by atoms with Crippen LogP contribution >= 0.6 is 79.4 Å². The van der Waals surface area contributed by atoms with Crippen LogP contribution in [0.4, 0.5) is 0 Å². The molecule has 0 unspecified atom stereocenters. The van der Waals surface area contributed by atoms with Gasteiger partial charge in [-0.25, -0.2) is 0 Å². The Morgan fingerprint density at radius 2 is 1.69 bits per heavy atom. The highest BCUT2D eigenvalue weighted by molar-refractivity contribution is 14.1. The van der Waals surface area contributed by atoms with Crippen LogP contribution in [0.15, 0.2) is 12.1 Å². The molecule has 0 saturated heterocycles. The first-order chi connectivity index (χ1) is 6.06. The number of alkyl halides is 1. The van der Waals surface area contributed by atoms with E-state index in [0.29, 0.717) is 5.56 Å². The Balaban J connectivity index is 3.20. The second-order valence-electron chi connectivity index (χ2n) is 2.31. The van der Waals surface area contributed by atoms with E-state index in [0.717, 1.165) is 7.14 Å². The van der Waals surface area contributed by atoms with Crippen molar-refractivity contribution in [3.05, 3.63) is 28.4 Å². The van der Waals surface area contributed by atoms with Gasteiger partial charge in [-0.3, -0.25) is 4.79 Å². The van der Waals surface area contributed by atoms with Crippen molar-refractivity contribution >= 4 is 85.2 Å². The van der Waals surface area contributed by atoms with Crippen LogP contribution in [0.3, 0.4) is 0 Å². The van der Waals surface area contributed by atoms with Crippen molar-refractivity contribution in [2.45, 2.75) is 0 Å². The summed E-state index contributed by atoms with van der Waals surface area (Å²) in [4.78, 5) is 11.3. The number of hydrogen-bond acceptors (Lipinski definition) is 1. The van der Waals surface area contributed by atoms with Gasteiger partial charge in [0.05, 0.1) is 5.88 Å². The van der Waals surface area contributed by atoms with E-state index in [1.54, 1.807) is 0 Å². The number of hydrogen-bond donors (Lipinski definition) is 0. The number of carbonyl (C=O) groups excluding carboxylic acids is 1. The molecule has 0 radical (unpaired) electrons. The molecule has 0 saturated carbocycles. The second kappa shape index (κ2) is 5.45. The smallest absolute Gasteiger partial charge is 0.177 e. The fourth-order valence-electron chi connectivity index (χ4n) is 0.794. The summed E-state index contributed by atoms with van der Waals surface area (Å²) in [5, 5.41) is 0. The van der Waals surface area contributed by atoms with Crippen molar-refractivity contribution in [1.29, 1.82) is 0 Å². The van der Waals surface area contributed by atoms with Gasteiger partial charge in [0.1, 0.15) is 0 Å². The van der Waals surface area contributed by atoms with Gasteiger partial charge in [0.2, 0.25) is 0 Å². The molecule has 0 bridgehead atoms. The maximum absolute atomic E-state index is 11.3. The van der Waals surface area contributed by atoms with Crippen LogP contribution in [0.25, 0.3) is 0 Å². The van der Waals surface area contributed by atoms with Crippen LogP contribution < -0.4 is 0 Å². The molecule has 0 amide bonds. The van der Waals surface area contributed by atoms with Gasteiger partial charge in [0.15, 0.2) is 5.78 Å². The van der Waals surface area contributed by atoms with E-state index in [1.165, 1.54) is 3.57 Å². The van der Waals surface area contributed by atoms with E-state index >= 15 is 0 Å². The highest BCUT2D eigenvalue weighted by Gasteiger charge is 2.09. The van der Waals surface area contributed by atoms with E-state index in [2.05, 4.69) is 67.8 Å². The zero-order valence-corrected chi connectivity index (χ0v) is 13.5. The van der Waals surface area contributed by atoms with Gasteiger partial charge in [-0.15, -0.1) is 11.6 Å². The molecule has 0 aliphatic rings. The summed E-state index contributed by atoms with van der Waals surface area (Å²) < 4.78 is 3.38. The summed E-state index contributed by atoms with van der Waals surface area (Å²) in [5.41, 5.74) is 0.698. The van der Waals surface area contributed by atoms with E-state index in [-0.39, 0.29) is 11.7 Å². The first kappa shape index (κ1) is 12.4. The molecule has 1 rings (SSSR count). The van der Waals surface area contributed by atoms with Crippen LogP contribution in [0.1, 0.15) is 10.4 Å². The summed E-state index contributed by atoms with van der Waals surface area (Å²) in [6.07, 6.45) is 0. The minimum atomic E-state index is -0.0195. The van der Waals surface area contributed by atoms with Gasteiger partial charge in [-0.05, 0) is 79.9 Å². The number of carbonyl (C=O) groups is 1. The molecular weight excluding hydrogens is 528 g/mol. The summed E-state index contributed by atoms with van der Waals surface area (Å²) in [5.74, 6) is 0.0288. The molecule has 0 heterocycles. The normalized spacial score (nSPS) is 10.2. The van der Waals surface area contributed by atoms with Crippen molar-refractivity contribution in [2.75, 3.05) is 5.88 Å². The molecule has 1 aromatic carbocycles. The lowest BCUT2D eigenvalue weighted by Gasteiger charge is -2.03. The molecule has 0 aliphatic heterocycles. The van der Waals surface area contributed by atoms with Crippen LogP contribution in [0, 0.1) is 10.7 Å². The van der Waals surface area contributed by atoms with Gasteiger partial charge >= 0.3 is 0 Å². The lowest BCUT2D eigenvalue weighted by atomic mass is 10.2. The molecule has 0 aliphatic carbocycles. The molecule has 0 spiro atoms. The van der Waals surface area contributed by atoms with E-state index < -0.39 is 0 Å². The summed E-state index contributed by atoms with van der Waals surface area (Å²) >= 11 is 12.2. The Labute approximate surface area is 122 Å². The first-order valence-corrected chi connectivity index (χ1v) is 7.07. The maximum atomic E-state index is 11.3. The predicted molar refractivity (Wildman–Crippen MR) is 79.6 cm³/mol. The zero-order valence-electron chi connectivity index (χ0n) is 6.28. The Kier molecular flexibility index (Phi) is 5.22. The summed E-state index contributed by atoms with van der Waals surface area (Å²) in [6.45, 7) is 0. The summed E-state index contributed by atoms with van der Waals surface area (Å²) in [6, 6.07) is 3.74. The van der Waals surface area contributed by atoms with E-state index in [1.807, 2.05) is 12.1 Å². The highest BCUT2D eigenvalue weighted by Crippen LogP contribution is 2.23. The largest absolute Gasteiger partial charge is 0.293 e. The van der Waals surface area contributed by atoms with Gasteiger partial charge in [0, 0.05) is 16.3 Å². The van der Waals surface area contributed by atoms with Gasteiger partial charge in [-0.1, -0.05) is 0 Å². The third-order valence-electron chi connectivity index (χ3n) is 1.43. The van der Waals surface area contributed by atoms with E-state index in [4.69, 9.17) is 11.6 Å². The maximum Gasteiger partial charge on any atom is 0.177 e. The van der Waals surface area contributed by atoms with Crippen LogP contribution in [-0.4, -0.2) is 11.7 Å². The minimum Gasteiger partial charge on any atom is -0.293 e. The molecule has 0 aromatic heterocycles. The molecule has 0 atom stereocenters. The first-order valence-electron chi connectivity index (χ1n) is 3.30. The number of rotatable bonds is 2. The van der Waals surface area contributed by atoms with Crippen molar-refractivity contribution in [3.63, 3.8) is 0 Å². The average molecular weight is 532 g/mol. The fourth-order valence-corrected chi connectivity index (χ4v) is 3.03. The van der Waals surface area contributed by atoms with Crippen molar-refractivity contribution in [1.82, 2.24) is 0 Å². The number of benzene rings is 1. The molecular formula is C8H4ClI3O. The van der Waals surface area contributed by atoms with Crippen LogP contribution in [-0.2, 0) is 0 Å². The third-order valence-corrected chi connectivity index (χ3v) is 6.60. The average Bonchev–Trinajstić information content (AvgIpc) is 2.12. The monoisotopic (exact) mass is 532 g/mol. The third kappa shape index (κ3) is 3.16. The molecule has 1 nitrogen and oxygen atoms in total. The van der Waals surface area contributed by atoms with Crippen LogP contribution in [0.5, 0.6) is 0 Å². The Morgan fingerprint density at radius 3 is 2.08 bits per heavy atom. The van der Waals surface area contributed by atoms with Crippen molar-refractivity contribution in [3.8, 4) is 0 Å². The quantitative estimate of drug-likeness (QED) is 0.245. The SMILES string of the molecule is O=C(CCl)c1cc(I)c(I)c(I)c1. The molecule has 0 fully saturated rings. The number of ketones is 1. The Bertz CT molecular complexity index is 328. The molecule has 0 N–H and O–H groups in total. The van der Waals surface area contributed by atoms with Crippen molar-refractivity contribution in [2.24, 2.45) is 0 Å². The van der Waals surface area contributed by atoms with E-state index in [9.17, 15) is 4.79 Å². The minimum absolute atomic E-state index is 0.0195. The molecule has 70 valence electrons.